The SMILES string of the molecule is Cc1cc(N2CCN(c3ccc4c(=O)n(CCO)cnc4c3)CC2)ncn1. The van der Waals surface area contributed by atoms with Crippen LogP contribution in [0.3, 0.4) is 0 Å². The van der Waals surface area contributed by atoms with E-state index in [1.165, 1.54) is 10.9 Å². The number of fused-ring (bicyclic) bond motifs is 1. The number of benzene rings is 1. The average molecular weight is 366 g/mol. The summed E-state index contributed by atoms with van der Waals surface area (Å²) >= 11 is 0. The molecule has 0 amide bonds. The summed E-state index contributed by atoms with van der Waals surface area (Å²) < 4.78 is 1.44. The molecule has 1 aromatic carbocycles. The summed E-state index contributed by atoms with van der Waals surface area (Å²) in [5.74, 6) is 0.965. The number of hydrogen-bond acceptors (Lipinski definition) is 7. The molecule has 2 aromatic heterocycles. The van der Waals surface area contributed by atoms with E-state index >= 15 is 0 Å². The largest absolute Gasteiger partial charge is 0.395 e. The average Bonchev–Trinajstić information content (AvgIpc) is 2.70. The number of aryl methyl sites for hydroxylation is 1. The maximum Gasteiger partial charge on any atom is 0.261 e. The van der Waals surface area contributed by atoms with Gasteiger partial charge in [0, 0.05) is 43.6 Å². The molecule has 4 rings (SSSR count). The van der Waals surface area contributed by atoms with E-state index in [1.54, 1.807) is 6.33 Å². The van der Waals surface area contributed by atoms with Crippen LogP contribution >= 0.6 is 0 Å². The molecule has 0 atom stereocenters. The summed E-state index contributed by atoms with van der Waals surface area (Å²) in [6.07, 6.45) is 3.11. The standard InChI is InChI=1S/C19H22N6O2/c1-14-10-18(21-12-20-14)24-6-4-23(5-7-24)15-2-3-16-17(11-15)22-13-25(8-9-26)19(16)27/h2-3,10-13,26H,4-9H2,1H3. The van der Waals surface area contributed by atoms with Gasteiger partial charge in [-0.2, -0.15) is 0 Å². The summed E-state index contributed by atoms with van der Waals surface area (Å²) in [4.78, 5) is 29.9. The second-order valence-corrected chi connectivity index (χ2v) is 6.66. The third-order valence-electron chi connectivity index (χ3n) is 4.91. The Morgan fingerprint density at radius 2 is 1.81 bits per heavy atom. The summed E-state index contributed by atoms with van der Waals surface area (Å²) in [5.41, 5.74) is 2.59. The highest BCUT2D eigenvalue weighted by atomic mass is 16.3. The molecule has 0 radical (unpaired) electrons. The van der Waals surface area contributed by atoms with Crippen LogP contribution in [0.5, 0.6) is 0 Å². The van der Waals surface area contributed by atoms with Crippen LogP contribution in [0.25, 0.3) is 10.9 Å². The topological polar surface area (TPSA) is 87.4 Å². The van der Waals surface area contributed by atoms with Crippen LogP contribution in [0, 0.1) is 6.92 Å². The van der Waals surface area contributed by atoms with Crippen LogP contribution in [0.15, 0.2) is 41.7 Å². The quantitative estimate of drug-likeness (QED) is 0.731. The van der Waals surface area contributed by atoms with E-state index in [9.17, 15) is 4.79 Å². The number of nitrogens with zero attached hydrogens (tertiary/aromatic N) is 6. The molecule has 1 N–H and O–H groups in total. The van der Waals surface area contributed by atoms with Gasteiger partial charge in [-0.25, -0.2) is 15.0 Å². The van der Waals surface area contributed by atoms with E-state index in [0.29, 0.717) is 10.9 Å². The predicted molar refractivity (Wildman–Crippen MR) is 104 cm³/mol. The molecule has 0 saturated carbocycles. The number of anilines is 2. The summed E-state index contributed by atoms with van der Waals surface area (Å²) in [7, 11) is 0. The minimum absolute atomic E-state index is 0.0820. The first-order valence-electron chi connectivity index (χ1n) is 9.04. The molecule has 27 heavy (non-hydrogen) atoms. The Morgan fingerprint density at radius 3 is 2.56 bits per heavy atom. The smallest absolute Gasteiger partial charge is 0.261 e. The molecule has 140 valence electrons. The van der Waals surface area contributed by atoms with Crippen molar-refractivity contribution in [1.82, 2.24) is 19.5 Å². The van der Waals surface area contributed by atoms with E-state index in [2.05, 4.69) is 24.8 Å². The first-order valence-corrected chi connectivity index (χ1v) is 9.04. The van der Waals surface area contributed by atoms with Crippen molar-refractivity contribution >= 4 is 22.4 Å². The molecular formula is C19H22N6O2. The molecule has 3 heterocycles. The minimum atomic E-state index is -0.121. The zero-order valence-corrected chi connectivity index (χ0v) is 15.2. The Labute approximate surface area is 156 Å². The molecule has 0 aliphatic carbocycles. The van der Waals surface area contributed by atoms with Crippen molar-refractivity contribution in [2.45, 2.75) is 13.5 Å². The van der Waals surface area contributed by atoms with Crippen molar-refractivity contribution in [3.63, 3.8) is 0 Å². The molecule has 1 saturated heterocycles. The van der Waals surface area contributed by atoms with Gasteiger partial charge in [-0.1, -0.05) is 0 Å². The van der Waals surface area contributed by atoms with Gasteiger partial charge in [0.05, 0.1) is 30.4 Å². The van der Waals surface area contributed by atoms with E-state index in [4.69, 9.17) is 5.11 Å². The van der Waals surface area contributed by atoms with Crippen molar-refractivity contribution in [3.8, 4) is 0 Å². The second-order valence-electron chi connectivity index (χ2n) is 6.66. The molecule has 3 aromatic rings. The molecular weight excluding hydrogens is 344 g/mol. The predicted octanol–water partition coefficient (Wildman–Crippen LogP) is 0.814. The fourth-order valence-electron chi connectivity index (χ4n) is 3.42. The van der Waals surface area contributed by atoms with Gasteiger partial charge in [0.25, 0.3) is 5.56 Å². The first-order chi connectivity index (χ1) is 13.2. The van der Waals surface area contributed by atoms with Crippen LogP contribution in [0.1, 0.15) is 5.69 Å². The molecule has 1 fully saturated rings. The van der Waals surface area contributed by atoms with Crippen molar-refractivity contribution < 1.29 is 5.11 Å². The molecule has 0 bridgehead atoms. The highest BCUT2D eigenvalue weighted by Gasteiger charge is 2.19. The number of aromatic nitrogens is 4. The van der Waals surface area contributed by atoms with Crippen molar-refractivity contribution in [2.75, 3.05) is 42.6 Å². The maximum absolute atomic E-state index is 12.4. The van der Waals surface area contributed by atoms with Gasteiger partial charge in [-0.3, -0.25) is 9.36 Å². The molecule has 8 nitrogen and oxygen atoms in total. The molecule has 1 aliphatic heterocycles. The monoisotopic (exact) mass is 366 g/mol. The lowest BCUT2D eigenvalue weighted by Gasteiger charge is -2.36. The fourth-order valence-corrected chi connectivity index (χ4v) is 3.42. The van der Waals surface area contributed by atoms with Gasteiger partial charge >= 0.3 is 0 Å². The third-order valence-corrected chi connectivity index (χ3v) is 4.91. The van der Waals surface area contributed by atoms with Crippen molar-refractivity contribution in [2.24, 2.45) is 0 Å². The highest BCUT2D eigenvalue weighted by molar-refractivity contribution is 5.81. The van der Waals surface area contributed by atoms with E-state index in [1.807, 2.05) is 31.2 Å². The zero-order valence-electron chi connectivity index (χ0n) is 15.2. The van der Waals surface area contributed by atoms with Crippen LogP contribution < -0.4 is 15.4 Å². The fraction of sp³-hybridized carbons (Fsp3) is 0.368. The molecule has 8 heteroatoms. The summed E-state index contributed by atoms with van der Waals surface area (Å²) in [6.45, 7) is 5.64. The Balaban J connectivity index is 1.52. The third kappa shape index (κ3) is 3.48. The van der Waals surface area contributed by atoms with E-state index in [0.717, 1.165) is 43.4 Å². The number of hydrogen-bond donors (Lipinski definition) is 1. The summed E-state index contributed by atoms with van der Waals surface area (Å²) in [6, 6.07) is 7.77. The lowest BCUT2D eigenvalue weighted by Crippen LogP contribution is -2.46. The van der Waals surface area contributed by atoms with Gasteiger partial charge in [0.15, 0.2) is 0 Å². The first kappa shape index (κ1) is 17.4. The van der Waals surface area contributed by atoms with Gasteiger partial charge in [0.1, 0.15) is 12.1 Å². The molecule has 0 unspecified atom stereocenters. The maximum atomic E-state index is 12.4. The Hall–Kier alpha value is -3.00. The molecule has 1 aliphatic rings. The van der Waals surface area contributed by atoms with Crippen molar-refractivity contribution in [3.05, 3.63) is 53.0 Å². The van der Waals surface area contributed by atoms with Gasteiger partial charge < -0.3 is 14.9 Å². The van der Waals surface area contributed by atoms with E-state index < -0.39 is 0 Å². The minimum Gasteiger partial charge on any atom is -0.395 e. The van der Waals surface area contributed by atoms with E-state index in [-0.39, 0.29) is 18.7 Å². The highest BCUT2D eigenvalue weighted by Crippen LogP contribution is 2.22. The van der Waals surface area contributed by atoms with Crippen LogP contribution in [0.4, 0.5) is 11.5 Å². The van der Waals surface area contributed by atoms with Crippen LogP contribution in [0.2, 0.25) is 0 Å². The van der Waals surface area contributed by atoms with Crippen molar-refractivity contribution in [1.29, 1.82) is 0 Å². The van der Waals surface area contributed by atoms with Crippen LogP contribution in [-0.4, -0.2) is 57.4 Å². The van der Waals surface area contributed by atoms with Crippen LogP contribution in [-0.2, 0) is 6.54 Å². The Bertz CT molecular complexity index is 1010. The number of piperazine rings is 1. The lowest BCUT2D eigenvalue weighted by molar-refractivity contribution is 0.274. The Morgan fingerprint density at radius 1 is 1.04 bits per heavy atom. The normalized spacial score (nSPS) is 14.7. The number of aliphatic hydroxyl groups is 1. The van der Waals surface area contributed by atoms with Gasteiger partial charge in [-0.05, 0) is 25.1 Å². The van der Waals surface area contributed by atoms with Gasteiger partial charge in [-0.15, -0.1) is 0 Å². The lowest BCUT2D eigenvalue weighted by atomic mass is 10.2. The summed E-state index contributed by atoms with van der Waals surface area (Å²) in [5, 5.41) is 9.62. The number of aliphatic hydroxyl groups excluding tert-OH is 1. The second kappa shape index (κ2) is 7.32. The van der Waals surface area contributed by atoms with Gasteiger partial charge in [0.2, 0.25) is 0 Å². The Kier molecular flexibility index (Phi) is 4.72. The zero-order chi connectivity index (χ0) is 18.8. The molecule has 0 spiro atoms. The number of rotatable bonds is 4.